The lowest BCUT2D eigenvalue weighted by Crippen LogP contribution is -1.87. The quantitative estimate of drug-likeness (QED) is 0.217. The van der Waals surface area contributed by atoms with Gasteiger partial charge in [-0.3, -0.25) is 0 Å². The molecule has 0 aromatic rings. The Morgan fingerprint density at radius 2 is 2.08 bits per heavy atom. The van der Waals surface area contributed by atoms with Gasteiger partial charge in [-0.1, -0.05) is 18.0 Å². The molecule has 1 N–H and O–H groups in total. The van der Waals surface area contributed by atoms with Gasteiger partial charge in [0.25, 0.3) is 0 Å². The van der Waals surface area contributed by atoms with Crippen LogP contribution >= 0.6 is 8.25 Å². The number of hydrogen-bond donors (Lipinski definition) is 1. The van der Waals surface area contributed by atoms with Gasteiger partial charge < -0.3 is 0 Å². The third-order valence-electron chi connectivity index (χ3n) is 1.42. The number of hydrogen-bond acceptors (Lipinski definition) is 3. The molecule has 0 radical (unpaired) electrons. The van der Waals surface area contributed by atoms with Gasteiger partial charge in [-0.25, -0.2) is 0 Å². The first-order valence-corrected chi connectivity index (χ1v) is 5.20. The predicted molar refractivity (Wildman–Crippen MR) is 48.3 cm³/mol. The van der Waals surface area contributed by atoms with Crippen LogP contribution in [0.25, 0.3) is 10.4 Å². The summed E-state index contributed by atoms with van der Waals surface area (Å²) in [5.41, 5.74) is 7.95. The fourth-order valence-corrected chi connectivity index (χ4v) is 1.11. The van der Waals surface area contributed by atoms with Crippen molar-refractivity contribution in [3.63, 3.8) is 0 Å². The van der Waals surface area contributed by atoms with Gasteiger partial charge >= 0.3 is 8.25 Å². The summed E-state index contributed by atoms with van der Waals surface area (Å²) in [5, 5.41) is 3.38. The minimum absolute atomic E-state index is 0.313. The highest BCUT2D eigenvalue weighted by molar-refractivity contribution is 7.32. The van der Waals surface area contributed by atoms with Crippen LogP contribution < -0.4 is 0 Å². The highest BCUT2D eigenvalue weighted by Gasteiger charge is 2.09. The van der Waals surface area contributed by atoms with Crippen molar-refractivity contribution in [2.45, 2.75) is 25.7 Å². The third-order valence-corrected chi connectivity index (χ3v) is 1.82. The van der Waals surface area contributed by atoms with Gasteiger partial charge in [0.1, 0.15) is 6.61 Å². The molecular formula is C6H13N3O3P+. The number of nitrogens with zero attached hydrogens (tertiary/aromatic N) is 3. The van der Waals surface area contributed by atoms with E-state index in [0.717, 1.165) is 25.7 Å². The molecule has 0 heterocycles. The Hall–Kier alpha value is -0.670. The monoisotopic (exact) mass is 206 g/mol. The maximum absolute atomic E-state index is 10.0. The van der Waals surface area contributed by atoms with Crippen LogP contribution in [0.4, 0.5) is 0 Å². The van der Waals surface area contributed by atoms with E-state index in [1.807, 2.05) is 0 Å². The highest BCUT2D eigenvalue weighted by atomic mass is 31.1. The van der Waals surface area contributed by atoms with Gasteiger partial charge in [-0.05, 0) is 18.4 Å². The van der Waals surface area contributed by atoms with Crippen LogP contribution in [0.3, 0.4) is 0 Å². The van der Waals surface area contributed by atoms with Gasteiger partial charge in [0.15, 0.2) is 0 Å². The largest absolute Gasteiger partial charge is 0.694 e. The van der Waals surface area contributed by atoms with Gasteiger partial charge in [-0.2, -0.15) is 0 Å². The molecule has 0 aromatic heterocycles. The summed E-state index contributed by atoms with van der Waals surface area (Å²) in [6.07, 6.45) is 3.49. The molecule has 0 rings (SSSR count). The second-order valence-corrected chi connectivity index (χ2v) is 3.17. The number of unbranched alkanes of at least 4 members (excludes halogenated alkanes) is 3. The van der Waals surface area contributed by atoms with Crippen molar-refractivity contribution in [1.82, 2.24) is 0 Å². The Morgan fingerprint density at radius 3 is 2.69 bits per heavy atom. The molecule has 0 spiro atoms. The molecule has 0 aromatic carbocycles. The first-order chi connectivity index (χ1) is 6.27. The van der Waals surface area contributed by atoms with E-state index in [1.165, 1.54) is 0 Å². The summed E-state index contributed by atoms with van der Waals surface area (Å²) in [6, 6.07) is 0. The lowest BCUT2D eigenvalue weighted by molar-refractivity contribution is 0.273. The Kier molecular flexibility index (Phi) is 8.93. The van der Waals surface area contributed by atoms with Crippen LogP contribution in [0.1, 0.15) is 25.7 Å². The van der Waals surface area contributed by atoms with E-state index in [4.69, 9.17) is 10.4 Å². The molecule has 1 atom stereocenters. The number of rotatable bonds is 8. The van der Waals surface area contributed by atoms with Crippen molar-refractivity contribution in [3.05, 3.63) is 10.4 Å². The Balaban J connectivity index is 2.99. The molecule has 0 saturated carbocycles. The summed E-state index contributed by atoms with van der Waals surface area (Å²) in [6.45, 7) is 0.832. The van der Waals surface area contributed by atoms with Crippen molar-refractivity contribution in [1.29, 1.82) is 0 Å². The van der Waals surface area contributed by atoms with Crippen molar-refractivity contribution in [3.8, 4) is 0 Å². The molecule has 0 aliphatic carbocycles. The van der Waals surface area contributed by atoms with Crippen LogP contribution in [0.15, 0.2) is 5.11 Å². The SMILES string of the molecule is [N-]=[N+]=NCCCCCCO[P+](=O)O. The Morgan fingerprint density at radius 1 is 1.38 bits per heavy atom. The fraction of sp³-hybridized carbons (Fsp3) is 1.00. The van der Waals surface area contributed by atoms with Gasteiger partial charge in [-0.15, -0.1) is 9.42 Å². The van der Waals surface area contributed by atoms with Gasteiger partial charge in [0, 0.05) is 16.0 Å². The molecule has 74 valence electrons. The van der Waals surface area contributed by atoms with Crippen LogP contribution in [-0.4, -0.2) is 18.0 Å². The molecule has 13 heavy (non-hydrogen) atoms. The van der Waals surface area contributed by atoms with Crippen molar-refractivity contribution in [2.24, 2.45) is 5.11 Å². The summed E-state index contributed by atoms with van der Waals surface area (Å²) < 4.78 is 14.5. The van der Waals surface area contributed by atoms with Crippen LogP contribution in [0, 0.1) is 0 Å². The molecule has 0 bridgehead atoms. The van der Waals surface area contributed by atoms with E-state index in [2.05, 4.69) is 14.5 Å². The van der Waals surface area contributed by atoms with Crippen LogP contribution in [-0.2, 0) is 9.09 Å². The highest BCUT2D eigenvalue weighted by Crippen LogP contribution is 2.15. The number of azide groups is 1. The van der Waals surface area contributed by atoms with Crippen LogP contribution in [0.5, 0.6) is 0 Å². The second kappa shape index (κ2) is 9.42. The maximum Gasteiger partial charge on any atom is 0.694 e. The molecule has 0 aliphatic rings. The van der Waals surface area contributed by atoms with Gasteiger partial charge in [0.05, 0.1) is 0 Å². The molecule has 6 nitrogen and oxygen atoms in total. The minimum Gasteiger partial charge on any atom is -0.133 e. The van der Waals surface area contributed by atoms with E-state index in [0.29, 0.717) is 13.2 Å². The Labute approximate surface area is 77.5 Å². The lowest BCUT2D eigenvalue weighted by Gasteiger charge is -1.94. The standard InChI is InChI=1S/C6H12N3O3P/c7-9-8-5-3-1-2-4-6-12-13(10)11/h1-6H2/p+1. The molecule has 0 saturated heterocycles. The average molecular weight is 206 g/mol. The van der Waals surface area contributed by atoms with Crippen molar-refractivity contribution in [2.75, 3.05) is 13.2 Å². The molecule has 0 amide bonds. The molecule has 1 unspecified atom stereocenters. The minimum atomic E-state index is -2.45. The topological polar surface area (TPSA) is 95.3 Å². The third kappa shape index (κ3) is 11.3. The normalized spacial score (nSPS) is 10.7. The summed E-state index contributed by atoms with van der Waals surface area (Å²) in [4.78, 5) is 10.9. The van der Waals surface area contributed by atoms with E-state index in [-0.39, 0.29) is 0 Å². The van der Waals surface area contributed by atoms with Crippen LogP contribution in [0.2, 0.25) is 0 Å². The average Bonchev–Trinajstić information content (AvgIpc) is 2.09. The predicted octanol–water partition coefficient (Wildman–Crippen LogP) is 2.52. The van der Waals surface area contributed by atoms with Crippen molar-refractivity contribution >= 4 is 8.25 Å². The molecule has 7 heteroatoms. The van der Waals surface area contributed by atoms with E-state index < -0.39 is 8.25 Å². The molecular weight excluding hydrogens is 193 g/mol. The smallest absolute Gasteiger partial charge is 0.133 e. The second-order valence-electron chi connectivity index (χ2n) is 2.44. The van der Waals surface area contributed by atoms with E-state index in [1.54, 1.807) is 0 Å². The van der Waals surface area contributed by atoms with Crippen molar-refractivity contribution < 1.29 is 14.0 Å². The zero-order chi connectivity index (χ0) is 9.94. The summed E-state index contributed by atoms with van der Waals surface area (Å²) in [7, 11) is -2.45. The molecule has 0 fully saturated rings. The maximum atomic E-state index is 10.0. The summed E-state index contributed by atoms with van der Waals surface area (Å²) >= 11 is 0. The lowest BCUT2D eigenvalue weighted by atomic mass is 10.2. The first kappa shape index (κ1) is 12.3. The van der Waals surface area contributed by atoms with E-state index >= 15 is 0 Å². The summed E-state index contributed by atoms with van der Waals surface area (Å²) in [5.74, 6) is 0. The molecule has 0 aliphatic heterocycles. The Bertz CT molecular complexity index is 188. The van der Waals surface area contributed by atoms with E-state index in [9.17, 15) is 4.57 Å². The zero-order valence-corrected chi connectivity index (χ0v) is 8.19. The zero-order valence-electron chi connectivity index (χ0n) is 7.30. The first-order valence-electron chi connectivity index (χ1n) is 4.07. The van der Waals surface area contributed by atoms with Gasteiger partial charge in [0.2, 0.25) is 0 Å². The fourth-order valence-electron chi connectivity index (χ4n) is 0.825.